The molecule has 0 aromatic heterocycles. The van der Waals surface area contributed by atoms with Crippen LogP contribution in [0.15, 0.2) is 24.3 Å². The van der Waals surface area contributed by atoms with Crippen molar-refractivity contribution in [3.63, 3.8) is 0 Å². The van der Waals surface area contributed by atoms with Gasteiger partial charge in [-0.25, -0.2) is 0 Å². The van der Waals surface area contributed by atoms with Crippen molar-refractivity contribution in [1.29, 1.82) is 0 Å². The Labute approximate surface area is 120 Å². The highest BCUT2D eigenvalue weighted by Gasteiger charge is 2.37. The van der Waals surface area contributed by atoms with Gasteiger partial charge < -0.3 is 11.5 Å². The van der Waals surface area contributed by atoms with E-state index in [1.165, 1.54) is 6.42 Å². The average molecular weight is 284 g/mol. The SMILES string of the molecule is Cl.NC(=O)C1(NCc2cccc(N)c2)CCCCC1. The molecule has 1 aromatic rings. The van der Waals surface area contributed by atoms with Crippen LogP contribution in [0.5, 0.6) is 0 Å². The second kappa shape index (κ2) is 6.78. The maximum atomic E-state index is 11.7. The largest absolute Gasteiger partial charge is 0.399 e. The van der Waals surface area contributed by atoms with Crippen molar-refractivity contribution in [3.8, 4) is 0 Å². The fourth-order valence-electron chi connectivity index (χ4n) is 2.64. The highest BCUT2D eigenvalue weighted by atomic mass is 35.5. The van der Waals surface area contributed by atoms with Crippen molar-refractivity contribution < 1.29 is 4.79 Å². The zero-order chi connectivity index (χ0) is 13.0. The molecule has 1 fully saturated rings. The Hall–Kier alpha value is -1.26. The van der Waals surface area contributed by atoms with Crippen molar-refractivity contribution in [2.75, 3.05) is 5.73 Å². The van der Waals surface area contributed by atoms with Crippen LogP contribution in [0.1, 0.15) is 37.7 Å². The van der Waals surface area contributed by atoms with E-state index in [1.807, 2.05) is 24.3 Å². The highest BCUT2D eigenvalue weighted by molar-refractivity contribution is 5.85. The number of carbonyl (C=O) groups excluding carboxylic acids is 1. The number of nitrogens with two attached hydrogens (primary N) is 2. The molecule has 0 spiro atoms. The summed E-state index contributed by atoms with van der Waals surface area (Å²) in [4.78, 5) is 11.7. The molecule has 1 aliphatic carbocycles. The molecule has 1 saturated carbocycles. The summed E-state index contributed by atoms with van der Waals surface area (Å²) in [6.45, 7) is 0.633. The third-order valence-corrected chi connectivity index (χ3v) is 3.76. The maximum absolute atomic E-state index is 11.7. The van der Waals surface area contributed by atoms with Crippen molar-refractivity contribution in [3.05, 3.63) is 29.8 Å². The van der Waals surface area contributed by atoms with Gasteiger partial charge in [0, 0.05) is 12.2 Å². The van der Waals surface area contributed by atoms with Crippen molar-refractivity contribution >= 4 is 24.0 Å². The molecule has 1 amide bonds. The molecule has 0 saturated heterocycles. The van der Waals surface area contributed by atoms with Gasteiger partial charge in [-0.1, -0.05) is 31.4 Å². The Kier molecular flexibility index (Phi) is 5.63. The molecule has 5 N–H and O–H groups in total. The average Bonchev–Trinajstić information content (AvgIpc) is 2.37. The van der Waals surface area contributed by atoms with Crippen molar-refractivity contribution in [2.24, 2.45) is 5.73 Å². The quantitative estimate of drug-likeness (QED) is 0.739. The van der Waals surface area contributed by atoms with E-state index in [1.54, 1.807) is 0 Å². The number of anilines is 1. The number of amides is 1. The van der Waals surface area contributed by atoms with Crippen LogP contribution in [0.3, 0.4) is 0 Å². The first-order valence-corrected chi connectivity index (χ1v) is 6.52. The molecule has 0 aliphatic heterocycles. The van der Waals surface area contributed by atoms with Crippen LogP contribution in [0.2, 0.25) is 0 Å². The van der Waals surface area contributed by atoms with E-state index in [-0.39, 0.29) is 18.3 Å². The zero-order valence-electron chi connectivity index (χ0n) is 11.0. The fourth-order valence-corrected chi connectivity index (χ4v) is 2.64. The lowest BCUT2D eigenvalue weighted by Crippen LogP contribution is -2.56. The van der Waals surface area contributed by atoms with Gasteiger partial charge in [-0.3, -0.25) is 10.1 Å². The van der Waals surface area contributed by atoms with Crippen LogP contribution >= 0.6 is 12.4 Å². The van der Waals surface area contributed by atoms with Gasteiger partial charge in [0.05, 0.1) is 5.54 Å². The van der Waals surface area contributed by atoms with Gasteiger partial charge in [0.15, 0.2) is 0 Å². The number of primary amides is 1. The van der Waals surface area contributed by atoms with Crippen LogP contribution in [0.25, 0.3) is 0 Å². The number of carbonyl (C=O) groups is 1. The Bertz CT molecular complexity index is 430. The van der Waals surface area contributed by atoms with E-state index in [0.717, 1.165) is 36.9 Å². The third kappa shape index (κ3) is 3.85. The zero-order valence-corrected chi connectivity index (χ0v) is 11.8. The summed E-state index contributed by atoms with van der Waals surface area (Å²) in [5.41, 5.74) is 12.6. The minimum absolute atomic E-state index is 0. The molecule has 2 rings (SSSR count). The fraction of sp³-hybridized carbons (Fsp3) is 0.500. The molecule has 1 aromatic carbocycles. The predicted molar refractivity (Wildman–Crippen MR) is 80.0 cm³/mol. The Morgan fingerprint density at radius 1 is 1.26 bits per heavy atom. The molecule has 4 nitrogen and oxygen atoms in total. The maximum Gasteiger partial charge on any atom is 0.237 e. The Morgan fingerprint density at radius 3 is 2.53 bits per heavy atom. The first-order valence-electron chi connectivity index (χ1n) is 6.52. The summed E-state index contributed by atoms with van der Waals surface area (Å²) in [6.07, 6.45) is 4.99. The van der Waals surface area contributed by atoms with Crippen molar-refractivity contribution in [1.82, 2.24) is 5.32 Å². The van der Waals surface area contributed by atoms with Gasteiger partial charge in [-0.2, -0.15) is 0 Å². The predicted octanol–water partition coefficient (Wildman–Crippen LogP) is 1.97. The lowest BCUT2D eigenvalue weighted by Gasteiger charge is -2.35. The molecule has 0 atom stereocenters. The minimum atomic E-state index is -0.525. The van der Waals surface area contributed by atoms with E-state index in [9.17, 15) is 4.79 Å². The summed E-state index contributed by atoms with van der Waals surface area (Å²) < 4.78 is 0. The van der Waals surface area contributed by atoms with Gasteiger partial charge in [-0.05, 0) is 30.5 Å². The summed E-state index contributed by atoms with van der Waals surface area (Å²) in [6, 6.07) is 7.70. The minimum Gasteiger partial charge on any atom is -0.399 e. The molecule has 19 heavy (non-hydrogen) atoms. The number of hydrogen-bond acceptors (Lipinski definition) is 3. The smallest absolute Gasteiger partial charge is 0.237 e. The second-order valence-corrected chi connectivity index (χ2v) is 5.11. The molecular formula is C14H22ClN3O. The number of nitrogen functional groups attached to an aromatic ring is 1. The summed E-state index contributed by atoms with van der Waals surface area (Å²) >= 11 is 0. The highest BCUT2D eigenvalue weighted by Crippen LogP contribution is 2.28. The molecule has 5 heteroatoms. The summed E-state index contributed by atoms with van der Waals surface area (Å²) in [7, 11) is 0. The number of benzene rings is 1. The van der Waals surface area contributed by atoms with Crippen molar-refractivity contribution in [2.45, 2.75) is 44.2 Å². The van der Waals surface area contributed by atoms with Gasteiger partial charge in [0.25, 0.3) is 0 Å². The van der Waals surface area contributed by atoms with Gasteiger partial charge in [-0.15, -0.1) is 12.4 Å². The number of nitrogens with one attached hydrogen (secondary N) is 1. The molecule has 0 unspecified atom stereocenters. The molecule has 0 heterocycles. The summed E-state index contributed by atoms with van der Waals surface area (Å²) in [5, 5.41) is 3.35. The van der Waals surface area contributed by atoms with Crippen LogP contribution in [0.4, 0.5) is 5.69 Å². The third-order valence-electron chi connectivity index (χ3n) is 3.76. The van der Waals surface area contributed by atoms with Gasteiger partial charge in [0.2, 0.25) is 5.91 Å². The molecule has 1 aliphatic rings. The van der Waals surface area contributed by atoms with E-state index in [4.69, 9.17) is 11.5 Å². The molecular weight excluding hydrogens is 262 g/mol. The lowest BCUT2D eigenvalue weighted by molar-refractivity contribution is -0.125. The second-order valence-electron chi connectivity index (χ2n) is 5.11. The normalized spacial score (nSPS) is 17.5. The number of hydrogen-bond donors (Lipinski definition) is 3. The van der Waals surface area contributed by atoms with E-state index in [2.05, 4.69) is 5.32 Å². The number of halogens is 1. The molecule has 106 valence electrons. The van der Waals surface area contributed by atoms with Crippen LogP contribution in [0, 0.1) is 0 Å². The van der Waals surface area contributed by atoms with E-state index >= 15 is 0 Å². The van der Waals surface area contributed by atoms with E-state index < -0.39 is 5.54 Å². The first-order chi connectivity index (χ1) is 8.62. The van der Waals surface area contributed by atoms with Gasteiger partial charge >= 0.3 is 0 Å². The van der Waals surface area contributed by atoms with Crippen LogP contribution in [-0.2, 0) is 11.3 Å². The standard InChI is InChI=1S/C14H21N3O.ClH/c15-12-6-4-5-11(9-12)10-17-14(13(16)18)7-2-1-3-8-14;/h4-6,9,17H,1-3,7-8,10,15H2,(H2,16,18);1H. The molecule has 0 radical (unpaired) electrons. The first kappa shape index (κ1) is 15.8. The Balaban J connectivity index is 0.00000180. The topological polar surface area (TPSA) is 81.1 Å². The summed E-state index contributed by atoms with van der Waals surface area (Å²) in [5.74, 6) is -0.230. The monoisotopic (exact) mass is 283 g/mol. The van der Waals surface area contributed by atoms with Crippen LogP contribution in [-0.4, -0.2) is 11.4 Å². The Morgan fingerprint density at radius 2 is 1.95 bits per heavy atom. The molecule has 0 bridgehead atoms. The van der Waals surface area contributed by atoms with Crippen LogP contribution < -0.4 is 16.8 Å². The van der Waals surface area contributed by atoms with Gasteiger partial charge in [0.1, 0.15) is 0 Å². The number of rotatable bonds is 4. The van der Waals surface area contributed by atoms with E-state index in [0.29, 0.717) is 6.54 Å². The lowest BCUT2D eigenvalue weighted by atomic mass is 9.81.